The molecule has 3 aliphatic rings. The number of carbonyl (C=O) groups excluding carboxylic acids is 2. The van der Waals surface area contributed by atoms with Gasteiger partial charge in [0, 0.05) is 38.6 Å². The molecule has 0 aromatic heterocycles. The van der Waals surface area contributed by atoms with E-state index in [1.807, 2.05) is 6.07 Å². The first-order valence-corrected chi connectivity index (χ1v) is 9.04. The van der Waals surface area contributed by atoms with Crippen molar-refractivity contribution in [3.8, 4) is 0 Å². The monoisotopic (exact) mass is 327 g/mol. The zero-order valence-corrected chi connectivity index (χ0v) is 14.0. The van der Waals surface area contributed by atoms with Crippen molar-refractivity contribution >= 4 is 11.8 Å². The van der Waals surface area contributed by atoms with Gasteiger partial charge in [-0.3, -0.25) is 14.5 Å². The molecule has 2 aliphatic heterocycles. The lowest BCUT2D eigenvalue weighted by molar-refractivity contribution is -0.137. The Morgan fingerprint density at radius 2 is 1.88 bits per heavy atom. The molecule has 3 atom stereocenters. The lowest BCUT2D eigenvalue weighted by Crippen LogP contribution is -2.44. The average molecular weight is 327 g/mol. The summed E-state index contributed by atoms with van der Waals surface area (Å²) < 4.78 is 0. The molecule has 2 amide bonds. The van der Waals surface area contributed by atoms with E-state index >= 15 is 0 Å². The van der Waals surface area contributed by atoms with Gasteiger partial charge in [-0.25, -0.2) is 0 Å². The lowest BCUT2D eigenvalue weighted by Gasteiger charge is -2.26. The maximum Gasteiger partial charge on any atom is 0.239 e. The van der Waals surface area contributed by atoms with Crippen molar-refractivity contribution in [2.24, 2.45) is 11.8 Å². The second kappa shape index (κ2) is 6.55. The molecule has 1 N–H and O–H groups in total. The molecule has 3 fully saturated rings. The Balaban J connectivity index is 1.21. The van der Waals surface area contributed by atoms with E-state index in [2.05, 4.69) is 34.5 Å². The molecule has 2 heterocycles. The number of nitrogens with one attached hydrogen (secondary N) is 1. The number of benzene rings is 1. The van der Waals surface area contributed by atoms with Crippen molar-refractivity contribution in [1.29, 1.82) is 0 Å². The number of nitrogens with zero attached hydrogens (tertiary/aromatic N) is 2. The number of amides is 2. The minimum Gasteiger partial charge on any atom is -0.351 e. The third-order valence-electron chi connectivity index (χ3n) is 5.60. The zero-order chi connectivity index (χ0) is 16.5. The standard InChI is InChI=1S/C19H25N3O2/c23-17(13-22-9-5-4-8-18(22)24)20-19-15-11-21(12-16(15)19)10-14-6-2-1-3-7-14/h1-3,6-7,15-16,19H,4-5,8-13H2,(H,20,23)/t15-,16+,19?. The van der Waals surface area contributed by atoms with Crippen molar-refractivity contribution < 1.29 is 9.59 Å². The Bertz CT molecular complexity index is 606. The molecular formula is C19H25N3O2. The van der Waals surface area contributed by atoms with Gasteiger partial charge in [-0.15, -0.1) is 0 Å². The average Bonchev–Trinajstić information content (AvgIpc) is 3.02. The molecule has 1 saturated carbocycles. The van der Waals surface area contributed by atoms with Crippen LogP contribution in [-0.2, 0) is 16.1 Å². The summed E-state index contributed by atoms with van der Waals surface area (Å²) in [7, 11) is 0. The molecule has 1 aliphatic carbocycles. The number of fused-ring (bicyclic) bond motifs is 1. The van der Waals surface area contributed by atoms with Gasteiger partial charge in [-0.05, 0) is 30.2 Å². The van der Waals surface area contributed by atoms with Crippen LogP contribution in [0.4, 0.5) is 0 Å². The number of hydrogen-bond acceptors (Lipinski definition) is 3. The van der Waals surface area contributed by atoms with Gasteiger partial charge in [0.25, 0.3) is 0 Å². The second-order valence-corrected chi connectivity index (χ2v) is 7.37. The van der Waals surface area contributed by atoms with E-state index in [4.69, 9.17) is 0 Å². The Morgan fingerprint density at radius 1 is 1.12 bits per heavy atom. The van der Waals surface area contributed by atoms with E-state index in [1.165, 1.54) is 5.56 Å². The Labute approximate surface area is 143 Å². The molecule has 5 nitrogen and oxygen atoms in total. The van der Waals surface area contributed by atoms with Gasteiger partial charge < -0.3 is 10.2 Å². The molecule has 1 aromatic rings. The fourth-order valence-corrected chi connectivity index (χ4v) is 4.23. The highest BCUT2D eigenvalue weighted by molar-refractivity contribution is 5.85. The fourth-order valence-electron chi connectivity index (χ4n) is 4.23. The van der Waals surface area contributed by atoms with Gasteiger partial charge in [0.2, 0.25) is 11.8 Å². The van der Waals surface area contributed by atoms with Crippen LogP contribution in [0.25, 0.3) is 0 Å². The van der Waals surface area contributed by atoms with E-state index in [0.29, 0.717) is 24.3 Å². The largest absolute Gasteiger partial charge is 0.351 e. The maximum absolute atomic E-state index is 12.2. The molecular weight excluding hydrogens is 302 g/mol. The predicted octanol–water partition coefficient (Wildman–Crippen LogP) is 1.25. The van der Waals surface area contributed by atoms with Crippen LogP contribution in [0.5, 0.6) is 0 Å². The number of rotatable bonds is 5. The normalized spacial score (nSPS) is 29.4. The van der Waals surface area contributed by atoms with E-state index in [0.717, 1.165) is 39.0 Å². The fraction of sp³-hybridized carbons (Fsp3) is 0.579. The van der Waals surface area contributed by atoms with Crippen molar-refractivity contribution in [3.05, 3.63) is 35.9 Å². The van der Waals surface area contributed by atoms with Crippen LogP contribution >= 0.6 is 0 Å². The Kier molecular flexibility index (Phi) is 4.27. The minimum absolute atomic E-state index is 0.0132. The minimum atomic E-state index is 0.0132. The van der Waals surface area contributed by atoms with Crippen molar-refractivity contribution in [1.82, 2.24) is 15.1 Å². The molecule has 128 valence electrons. The summed E-state index contributed by atoms with van der Waals surface area (Å²) in [6, 6.07) is 10.9. The van der Waals surface area contributed by atoms with Crippen molar-refractivity contribution in [3.63, 3.8) is 0 Å². The number of hydrogen-bond donors (Lipinski definition) is 1. The highest BCUT2D eigenvalue weighted by Crippen LogP contribution is 2.45. The summed E-state index contributed by atoms with van der Waals surface area (Å²) in [6.45, 7) is 4.09. The summed E-state index contributed by atoms with van der Waals surface area (Å²) in [4.78, 5) is 28.2. The summed E-state index contributed by atoms with van der Waals surface area (Å²) in [5.74, 6) is 1.32. The first-order valence-electron chi connectivity index (χ1n) is 9.04. The van der Waals surface area contributed by atoms with Crippen LogP contribution in [-0.4, -0.2) is 53.8 Å². The number of carbonyl (C=O) groups is 2. The molecule has 1 aromatic carbocycles. The van der Waals surface area contributed by atoms with Crippen LogP contribution < -0.4 is 5.32 Å². The predicted molar refractivity (Wildman–Crippen MR) is 91.1 cm³/mol. The number of piperidine rings is 2. The summed E-state index contributed by atoms with van der Waals surface area (Å²) in [5, 5.41) is 3.15. The van der Waals surface area contributed by atoms with Crippen LogP contribution in [0.2, 0.25) is 0 Å². The molecule has 0 radical (unpaired) electrons. The molecule has 2 saturated heterocycles. The smallest absolute Gasteiger partial charge is 0.239 e. The highest BCUT2D eigenvalue weighted by Gasteiger charge is 2.56. The first kappa shape index (κ1) is 15.6. The molecule has 0 bridgehead atoms. The Hall–Kier alpha value is -1.88. The van der Waals surface area contributed by atoms with Gasteiger partial charge in [0.05, 0.1) is 6.54 Å². The van der Waals surface area contributed by atoms with Gasteiger partial charge in [0.1, 0.15) is 0 Å². The molecule has 1 unspecified atom stereocenters. The van der Waals surface area contributed by atoms with Crippen molar-refractivity contribution in [2.45, 2.75) is 31.8 Å². The van der Waals surface area contributed by atoms with E-state index < -0.39 is 0 Å². The summed E-state index contributed by atoms with van der Waals surface area (Å²) >= 11 is 0. The highest BCUT2D eigenvalue weighted by atomic mass is 16.2. The lowest BCUT2D eigenvalue weighted by atomic mass is 10.1. The van der Waals surface area contributed by atoms with Crippen LogP contribution in [0.3, 0.4) is 0 Å². The van der Waals surface area contributed by atoms with Gasteiger partial charge in [0.15, 0.2) is 0 Å². The van der Waals surface area contributed by atoms with Crippen LogP contribution in [0.1, 0.15) is 24.8 Å². The zero-order valence-electron chi connectivity index (χ0n) is 14.0. The molecule has 24 heavy (non-hydrogen) atoms. The number of likely N-dealkylation sites (tertiary alicyclic amines) is 2. The summed E-state index contributed by atoms with van der Waals surface area (Å²) in [5.41, 5.74) is 1.35. The second-order valence-electron chi connectivity index (χ2n) is 7.37. The van der Waals surface area contributed by atoms with Crippen LogP contribution in [0, 0.1) is 11.8 Å². The maximum atomic E-state index is 12.2. The topological polar surface area (TPSA) is 52.7 Å². The molecule has 0 spiro atoms. The van der Waals surface area contributed by atoms with E-state index in [9.17, 15) is 9.59 Å². The van der Waals surface area contributed by atoms with Crippen molar-refractivity contribution in [2.75, 3.05) is 26.2 Å². The van der Waals surface area contributed by atoms with E-state index in [-0.39, 0.29) is 18.4 Å². The van der Waals surface area contributed by atoms with E-state index in [1.54, 1.807) is 4.90 Å². The Morgan fingerprint density at radius 3 is 2.58 bits per heavy atom. The molecule has 4 rings (SSSR count). The quantitative estimate of drug-likeness (QED) is 0.885. The van der Waals surface area contributed by atoms with Gasteiger partial charge in [-0.1, -0.05) is 30.3 Å². The van der Waals surface area contributed by atoms with Gasteiger partial charge >= 0.3 is 0 Å². The van der Waals surface area contributed by atoms with Crippen LogP contribution in [0.15, 0.2) is 30.3 Å². The molecule has 5 heteroatoms. The van der Waals surface area contributed by atoms with Gasteiger partial charge in [-0.2, -0.15) is 0 Å². The summed E-state index contributed by atoms with van der Waals surface area (Å²) in [6.07, 6.45) is 2.57. The third-order valence-corrected chi connectivity index (χ3v) is 5.60. The first-order chi connectivity index (χ1) is 11.7. The third kappa shape index (κ3) is 3.31. The SMILES string of the molecule is O=C(CN1CCCCC1=O)NC1[C@H]2CN(Cc3ccccc3)C[C@@H]12.